The molecule has 1 N–H and O–H groups in total. The second-order valence-electron chi connectivity index (χ2n) is 5.70. The van der Waals surface area contributed by atoms with Crippen molar-refractivity contribution in [3.63, 3.8) is 0 Å². The molecule has 1 fully saturated rings. The molecule has 2 rings (SSSR count). The molecule has 1 saturated heterocycles. The van der Waals surface area contributed by atoms with E-state index in [4.69, 9.17) is 0 Å². The minimum absolute atomic E-state index is 0.752. The lowest BCUT2D eigenvalue weighted by molar-refractivity contribution is 0.176. The summed E-state index contributed by atoms with van der Waals surface area (Å²) < 4.78 is 0. The Balaban J connectivity index is 1.77. The van der Waals surface area contributed by atoms with Gasteiger partial charge in [0.2, 0.25) is 0 Å². The van der Waals surface area contributed by atoms with Crippen molar-refractivity contribution in [3.05, 3.63) is 29.8 Å². The average Bonchev–Trinajstić information content (AvgIpc) is 2.49. The summed E-state index contributed by atoms with van der Waals surface area (Å²) >= 11 is 1.99. The minimum atomic E-state index is 0.752. The second-order valence-corrected chi connectivity index (χ2v) is 6.87. The lowest BCUT2D eigenvalue weighted by Gasteiger charge is -2.34. The third-order valence-electron chi connectivity index (χ3n) is 3.97. The van der Waals surface area contributed by atoms with E-state index in [1.165, 1.54) is 61.7 Å². The number of piperidine rings is 1. The first-order chi connectivity index (χ1) is 9.79. The van der Waals surface area contributed by atoms with Crippen LogP contribution < -0.4 is 5.32 Å². The summed E-state index contributed by atoms with van der Waals surface area (Å²) in [5.41, 5.74) is 1.34. The van der Waals surface area contributed by atoms with Crippen molar-refractivity contribution in [1.82, 2.24) is 10.2 Å². The van der Waals surface area contributed by atoms with Crippen molar-refractivity contribution in [2.45, 2.75) is 44.0 Å². The van der Waals surface area contributed by atoms with Crippen LogP contribution in [0, 0.1) is 6.92 Å². The topological polar surface area (TPSA) is 15.3 Å². The molecule has 1 aliphatic heterocycles. The van der Waals surface area contributed by atoms with Gasteiger partial charge in [-0.15, -0.1) is 11.8 Å². The average molecular weight is 292 g/mol. The van der Waals surface area contributed by atoms with Crippen molar-refractivity contribution in [3.8, 4) is 0 Å². The first-order valence-electron chi connectivity index (χ1n) is 7.94. The fraction of sp³-hybridized carbons (Fsp3) is 0.647. The van der Waals surface area contributed by atoms with E-state index < -0.39 is 0 Å². The van der Waals surface area contributed by atoms with E-state index in [1.807, 2.05) is 11.8 Å². The number of nitrogens with one attached hydrogen (secondary N) is 1. The van der Waals surface area contributed by atoms with Gasteiger partial charge in [-0.3, -0.25) is 4.90 Å². The molecule has 0 aromatic heterocycles. The molecule has 0 radical (unpaired) electrons. The molecule has 0 bridgehead atoms. The maximum absolute atomic E-state index is 3.54. The second kappa shape index (κ2) is 8.71. The first-order valence-corrected chi connectivity index (χ1v) is 8.92. The summed E-state index contributed by atoms with van der Waals surface area (Å²) in [5, 5.41) is 3.54. The predicted molar refractivity (Wildman–Crippen MR) is 89.7 cm³/mol. The van der Waals surface area contributed by atoms with Gasteiger partial charge in [0.15, 0.2) is 0 Å². The Morgan fingerprint density at radius 2 is 2.05 bits per heavy atom. The summed E-state index contributed by atoms with van der Waals surface area (Å²) in [4.78, 5) is 4.08. The predicted octanol–water partition coefficient (Wildman–Crippen LogP) is 3.55. The summed E-state index contributed by atoms with van der Waals surface area (Å²) in [6.45, 7) is 9.26. The van der Waals surface area contributed by atoms with Crippen LogP contribution in [-0.4, -0.2) is 42.9 Å². The molecule has 0 spiro atoms. The van der Waals surface area contributed by atoms with Crippen LogP contribution in [0.3, 0.4) is 0 Å². The molecular formula is C17H28N2S. The zero-order valence-corrected chi connectivity index (χ0v) is 13.7. The Morgan fingerprint density at radius 3 is 2.70 bits per heavy atom. The van der Waals surface area contributed by atoms with Gasteiger partial charge in [-0.1, -0.05) is 24.6 Å². The molecule has 20 heavy (non-hydrogen) atoms. The Labute approximate surface area is 128 Å². The Morgan fingerprint density at radius 1 is 1.25 bits per heavy atom. The van der Waals surface area contributed by atoms with E-state index in [0.29, 0.717) is 0 Å². The number of thioether (sulfide) groups is 1. The molecule has 0 aliphatic carbocycles. The molecule has 0 saturated carbocycles. The zero-order valence-electron chi connectivity index (χ0n) is 12.9. The van der Waals surface area contributed by atoms with Crippen molar-refractivity contribution in [2.75, 3.05) is 31.9 Å². The third kappa shape index (κ3) is 5.12. The van der Waals surface area contributed by atoms with Crippen LogP contribution in [0.1, 0.15) is 31.7 Å². The highest BCUT2D eigenvalue weighted by Crippen LogP contribution is 2.19. The summed E-state index contributed by atoms with van der Waals surface area (Å²) in [6.07, 6.45) is 3.95. The van der Waals surface area contributed by atoms with E-state index in [-0.39, 0.29) is 0 Å². The Kier molecular flexibility index (Phi) is 6.91. The van der Waals surface area contributed by atoms with Crippen LogP contribution in [0.4, 0.5) is 0 Å². The molecule has 3 heteroatoms. The number of hydrogen-bond acceptors (Lipinski definition) is 3. The number of benzene rings is 1. The molecule has 1 aliphatic rings. The molecule has 1 aromatic rings. The van der Waals surface area contributed by atoms with Gasteiger partial charge in [0.25, 0.3) is 0 Å². The highest BCUT2D eigenvalue weighted by Gasteiger charge is 2.19. The van der Waals surface area contributed by atoms with Crippen molar-refractivity contribution in [2.24, 2.45) is 0 Å². The van der Waals surface area contributed by atoms with Crippen LogP contribution >= 0.6 is 11.8 Å². The van der Waals surface area contributed by atoms with Crippen molar-refractivity contribution >= 4 is 11.8 Å². The van der Waals surface area contributed by atoms with Crippen LogP contribution in [0.5, 0.6) is 0 Å². The van der Waals surface area contributed by atoms with Gasteiger partial charge < -0.3 is 5.32 Å². The highest BCUT2D eigenvalue weighted by atomic mass is 32.2. The number of aryl methyl sites for hydroxylation is 1. The van der Waals surface area contributed by atoms with Crippen molar-refractivity contribution < 1.29 is 0 Å². The molecule has 1 heterocycles. The standard InChI is InChI=1S/C17H28N2S/c1-3-11-19(16-5-4-10-18-14-16)12-13-20-17-8-6-15(2)7-9-17/h6-9,16,18H,3-5,10-14H2,1-2H3. The molecule has 1 atom stereocenters. The van der Waals surface area contributed by atoms with Crippen LogP contribution in [-0.2, 0) is 0 Å². The monoisotopic (exact) mass is 292 g/mol. The molecule has 1 unspecified atom stereocenters. The normalized spacial score (nSPS) is 19.4. The van der Waals surface area contributed by atoms with Gasteiger partial charge in [-0.2, -0.15) is 0 Å². The van der Waals surface area contributed by atoms with E-state index in [1.54, 1.807) is 0 Å². The van der Waals surface area contributed by atoms with E-state index in [9.17, 15) is 0 Å². The quantitative estimate of drug-likeness (QED) is 0.774. The SMILES string of the molecule is CCCN(CCSc1ccc(C)cc1)C1CCCNC1. The molecule has 0 amide bonds. The zero-order chi connectivity index (χ0) is 14.2. The van der Waals surface area contributed by atoms with Gasteiger partial charge >= 0.3 is 0 Å². The first kappa shape index (κ1) is 15.9. The third-order valence-corrected chi connectivity index (χ3v) is 4.96. The van der Waals surface area contributed by atoms with Gasteiger partial charge in [-0.05, 0) is 51.4 Å². The minimum Gasteiger partial charge on any atom is -0.315 e. The Bertz CT molecular complexity index is 371. The summed E-state index contributed by atoms with van der Waals surface area (Å²) in [6, 6.07) is 9.65. The lowest BCUT2D eigenvalue weighted by atomic mass is 10.1. The number of nitrogens with zero attached hydrogens (tertiary/aromatic N) is 1. The largest absolute Gasteiger partial charge is 0.315 e. The fourth-order valence-corrected chi connectivity index (χ4v) is 3.71. The molecule has 112 valence electrons. The van der Waals surface area contributed by atoms with E-state index in [2.05, 4.69) is 48.3 Å². The fourth-order valence-electron chi connectivity index (χ4n) is 2.82. The number of rotatable bonds is 7. The van der Waals surface area contributed by atoms with Crippen LogP contribution in [0.25, 0.3) is 0 Å². The molecule has 1 aromatic carbocycles. The summed E-state index contributed by atoms with van der Waals surface area (Å²) in [5.74, 6) is 1.19. The Hall–Kier alpha value is -0.510. The lowest BCUT2D eigenvalue weighted by Crippen LogP contribution is -2.47. The highest BCUT2D eigenvalue weighted by molar-refractivity contribution is 7.99. The maximum atomic E-state index is 3.54. The van der Waals surface area contributed by atoms with Gasteiger partial charge in [-0.25, -0.2) is 0 Å². The van der Waals surface area contributed by atoms with Crippen LogP contribution in [0.2, 0.25) is 0 Å². The van der Waals surface area contributed by atoms with E-state index >= 15 is 0 Å². The van der Waals surface area contributed by atoms with Gasteiger partial charge in [0.1, 0.15) is 0 Å². The van der Waals surface area contributed by atoms with Gasteiger partial charge in [0, 0.05) is 29.8 Å². The van der Waals surface area contributed by atoms with E-state index in [0.717, 1.165) is 6.04 Å². The molecule has 2 nitrogen and oxygen atoms in total. The van der Waals surface area contributed by atoms with Crippen molar-refractivity contribution in [1.29, 1.82) is 0 Å². The smallest absolute Gasteiger partial charge is 0.0221 e. The van der Waals surface area contributed by atoms with Crippen LogP contribution in [0.15, 0.2) is 29.2 Å². The maximum Gasteiger partial charge on any atom is 0.0221 e. The number of hydrogen-bond donors (Lipinski definition) is 1. The summed E-state index contributed by atoms with van der Waals surface area (Å²) in [7, 11) is 0. The molecular weight excluding hydrogens is 264 g/mol. The van der Waals surface area contributed by atoms with Gasteiger partial charge in [0.05, 0.1) is 0 Å².